The van der Waals surface area contributed by atoms with Crippen molar-refractivity contribution in [3.63, 3.8) is 0 Å². The zero-order valence-electron chi connectivity index (χ0n) is 48.5. The first-order chi connectivity index (χ1) is 39.1. The number of hydrogen-bond donors (Lipinski definition) is 8. The SMILES string of the molecule is Cc1cc(C)n2ccc(C(=O)Nc3ccc(/C(N)=C/N(N)CCOCCOCCC(=O)NCC(C)(C)OCCC(C)(C)NC(=O)CCOCCOCCN(N)/C=C(\N)c4ccc(NC(=O)c5ccn6c(C)cc(C)nc56)cc4)cc3)c2n1. The van der Waals surface area contributed by atoms with E-state index in [0.717, 1.165) is 33.9 Å². The number of aromatic nitrogens is 4. The van der Waals surface area contributed by atoms with Crippen LogP contribution in [0.2, 0.25) is 0 Å². The molecule has 0 fully saturated rings. The summed E-state index contributed by atoms with van der Waals surface area (Å²) in [7, 11) is 0. The zero-order valence-corrected chi connectivity index (χ0v) is 48.5. The van der Waals surface area contributed by atoms with E-state index in [1.807, 2.05) is 88.7 Å². The van der Waals surface area contributed by atoms with Crippen molar-refractivity contribution in [3.8, 4) is 0 Å². The first-order valence-corrected chi connectivity index (χ1v) is 27.3. The zero-order chi connectivity index (χ0) is 59.4. The number of fused-ring (bicyclic) bond motifs is 2. The fourth-order valence-electron chi connectivity index (χ4n) is 8.52. The molecule has 0 unspecified atom stereocenters. The van der Waals surface area contributed by atoms with Gasteiger partial charge in [0.25, 0.3) is 11.8 Å². The number of aryl methyl sites for hydroxylation is 4. The van der Waals surface area contributed by atoms with Gasteiger partial charge in [0, 0.05) is 90.5 Å². The quantitative estimate of drug-likeness (QED) is 0.0147. The van der Waals surface area contributed by atoms with Crippen LogP contribution in [-0.2, 0) is 33.3 Å². The average molecular weight is 1130 g/mol. The number of hydrazine groups is 2. The van der Waals surface area contributed by atoms with Crippen LogP contribution in [0.25, 0.3) is 22.7 Å². The number of nitrogens with zero attached hydrogens (tertiary/aromatic N) is 6. The second-order valence-corrected chi connectivity index (χ2v) is 21.1. The van der Waals surface area contributed by atoms with Crippen molar-refractivity contribution in [3.05, 3.63) is 143 Å². The fraction of sp³-hybridized carbons (Fsp3) is 0.424. The Balaban J connectivity index is 0.732. The van der Waals surface area contributed by atoms with Gasteiger partial charge in [-0.15, -0.1) is 0 Å². The molecule has 0 atom stereocenters. The lowest BCUT2D eigenvalue weighted by atomic mass is 10.0. The molecule has 4 amide bonds. The van der Waals surface area contributed by atoms with Gasteiger partial charge in [-0.3, -0.25) is 19.2 Å². The summed E-state index contributed by atoms with van der Waals surface area (Å²) in [5.74, 6) is 11.5. The third-order valence-electron chi connectivity index (χ3n) is 13.0. The largest absolute Gasteiger partial charge is 0.397 e. The van der Waals surface area contributed by atoms with E-state index in [9.17, 15) is 19.2 Å². The number of amides is 4. The summed E-state index contributed by atoms with van der Waals surface area (Å²) in [4.78, 5) is 60.4. The van der Waals surface area contributed by atoms with Crippen molar-refractivity contribution in [2.45, 2.75) is 85.8 Å². The maximum atomic E-state index is 13.0. The minimum absolute atomic E-state index is 0.143. The van der Waals surface area contributed by atoms with E-state index >= 15 is 0 Å². The Morgan fingerprint density at radius 3 is 1.43 bits per heavy atom. The summed E-state index contributed by atoms with van der Waals surface area (Å²) in [6, 6.07) is 21.7. The van der Waals surface area contributed by atoms with Crippen molar-refractivity contribution in [2.24, 2.45) is 23.2 Å². The predicted octanol–water partition coefficient (Wildman–Crippen LogP) is 5.33. The van der Waals surface area contributed by atoms with Gasteiger partial charge in [0.2, 0.25) is 11.8 Å². The molecule has 0 bridgehead atoms. The van der Waals surface area contributed by atoms with Crippen molar-refractivity contribution in [2.75, 3.05) is 89.7 Å². The van der Waals surface area contributed by atoms with Gasteiger partial charge < -0.3 is 75.2 Å². The summed E-state index contributed by atoms with van der Waals surface area (Å²) >= 11 is 0. The molecule has 0 spiro atoms. The van der Waals surface area contributed by atoms with Crippen LogP contribution in [0.4, 0.5) is 11.4 Å². The molecule has 0 aliphatic carbocycles. The highest BCUT2D eigenvalue weighted by molar-refractivity contribution is 6.09. The molecule has 6 rings (SSSR count). The van der Waals surface area contributed by atoms with Crippen molar-refractivity contribution < 1.29 is 42.9 Å². The van der Waals surface area contributed by atoms with Crippen LogP contribution in [0.5, 0.6) is 0 Å². The molecule has 4 aromatic heterocycles. The molecule has 6 aromatic rings. The van der Waals surface area contributed by atoms with E-state index in [0.29, 0.717) is 117 Å². The maximum Gasteiger partial charge on any atom is 0.259 e. The van der Waals surface area contributed by atoms with Gasteiger partial charge in [-0.2, -0.15) is 0 Å². The number of ether oxygens (including phenoxy) is 5. The Morgan fingerprint density at radius 2 is 0.988 bits per heavy atom. The molecule has 0 aliphatic rings. The molecule has 4 heterocycles. The second kappa shape index (κ2) is 30.2. The molecule has 0 radical (unpaired) electrons. The topological polar surface area (TPSA) is 308 Å². The monoisotopic (exact) mass is 1130 g/mol. The Kier molecular flexibility index (Phi) is 23.3. The number of rotatable bonds is 33. The molecule has 0 aliphatic heterocycles. The van der Waals surface area contributed by atoms with Crippen LogP contribution in [-0.4, -0.2) is 143 Å². The van der Waals surface area contributed by atoms with Crippen LogP contribution in [0.3, 0.4) is 0 Å². The van der Waals surface area contributed by atoms with Crippen molar-refractivity contribution in [1.29, 1.82) is 0 Å². The minimum Gasteiger partial charge on any atom is -0.397 e. The fourth-order valence-corrected chi connectivity index (χ4v) is 8.52. The standard InChI is InChI=1S/C59H82N14O9/c1-40-35-42(3)72-22-17-48(54(72)65-40)56(76)67-46-13-9-44(10-14-46)50(60)37-70(62)24-29-80-33-31-78-26-19-52(74)64-39-59(7,8)82-28-21-58(5,6)69-53(75)20-27-79-32-34-81-30-25-71(63)38-51(61)45-11-15-47(16-12-45)68-57(77)49-18-23-73-43(4)36-41(2)66-55(49)73/h9-18,22-23,35-38H,19-21,24-34,39,60-63H2,1-8H3,(H,64,74)(H,67,76)(H,68,77)(H,69,75)/b50-37-,51-38-. The lowest BCUT2D eigenvalue weighted by Crippen LogP contribution is -2.46. The van der Waals surface area contributed by atoms with Gasteiger partial charge >= 0.3 is 0 Å². The Hall–Kier alpha value is -7.90. The Morgan fingerprint density at radius 1 is 0.573 bits per heavy atom. The molecule has 12 N–H and O–H groups in total. The van der Waals surface area contributed by atoms with Gasteiger partial charge in [-0.25, -0.2) is 21.7 Å². The van der Waals surface area contributed by atoms with Gasteiger partial charge in [0.1, 0.15) is 11.3 Å². The highest BCUT2D eigenvalue weighted by atomic mass is 16.5. The third-order valence-corrected chi connectivity index (χ3v) is 13.0. The van der Waals surface area contributed by atoms with E-state index in [2.05, 4.69) is 31.2 Å². The van der Waals surface area contributed by atoms with Crippen LogP contribution < -0.4 is 44.4 Å². The summed E-state index contributed by atoms with van der Waals surface area (Å²) in [5, 5.41) is 14.7. The molecular weight excluding hydrogens is 1050 g/mol. The lowest BCUT2D eigenvalue weighted by Gasteiger charge is -2.30. The highest BCUT2D eigenvalue weighted by Gasteiger charge is 2.25. The molecule has 0 saturated heterocycles. The number of anilines is 2. The maximum absolute atomic E-state index is 13.0. The van der Waals surface area contributed by atoms with Crippen molar-refractivity contribution in [1.82, 2.24) is 39.4 Å². The molecule has 0 saturated carbocycles. The van der Waals surface area contributed by atoms with E-state index in [1.54, 1.807) is 73.1 Å². The normalized spacial score (nSPS) is 12.2. The van der Waals surface area contributed by atoms with E-state index < -0.39 is 11.1 Å². The van der Waals surface area contributed by atoms with Gasteiger partial charge in [0.05, 0.1) is 94.1 Å². The van der Waals surface area contributed by atoms with Crippen LogP contribution in [0.15, 0.2) is 97.6 Å². The number of nitrogens with two attached hydrogens (primary N) is 4. The van der Waals surface area contributed by atoms with Crippen LogP contribution in [0, 0.1) is 27.7 Å². The number of carbonyl (C=O) groups excluding carboxylic acids is 4. The molecule has 23 heteroatoms. The predicted molar refractivity (Wildman–Crippen MR) is 317 cm³/mol. The summed E-state index contributed by atoms with van der Waals surface area (Å²) in [5.41, 5.74) is 20.8. The Bertz CT molecular complexity index is 3150. The molecule has 442 valence electrons. The third kappa shape index (κ3) is 20.0. The Labute approximate surface area is 479 Å². The summed E-state index contributed by atoms with van der Waals surface area (Å²) in [6.45, 7) is 19.2. The molecule has 2 aromatic carbocycles. The van der Waals surface area contributed by atoms with E-state index in [-0.39, 0.29) is 49.7 Å². The van der Waals surface area contributed by atoms with Gasteiger partial charge in [-0.05, 0) is 121 Å². The second-order valence-electron chi connectivity index (χ2n) is 21.1. The van der Waals surface area contributed by atoms with E-state index in [1.165, 1.54) is 10.0 Å². The first-order valence-electron chi connectivity index (χ1n) is 27.3. The number of hydrogen-bond acceptors (Lipinski definition) is 17. The van der Waals surface area contributed by atoms with Crippen LogP contribution in [0.1, 0.15) is 102 Å². The number of nitrogens with one attached hydrogen (secondary N) is 4. The minimum atomic E-state index is -0.641. The van der Waals surface area contributed by atoms with Crippen LogP contribution >= 0.6 is 0 Å². The van der Waals surface area contributed by atoms with Gasteiger partial charge in [0.15, 0.2) is 0 Å². The first kappa shape index (κ1) is 63.3. The molecular formula is C59H82N14O9. The number of benzene rings is 2. The van der Waals surface area contributed by atoms with E-state index in [4.69, 9.17) is 46.8 Å². The lowest BCUT2D eigenvalue weighted by molar-refractivity contribution is -0.125. The average Bonchev–Trinajstić information content (AvgIpc) is 4.17. The smallest absolute Gasteiger partial charge is 0.259 e. The van der Waals surface area contributed by atoms with Gasteiger partial charge in [-0.1, -0.05) is 24.3 Å². The van der Waals surface area contributed by atoms with Crippen molar-refractivity contribution >= 4 is 57.7 Å². The highest BCUT2D eigenvalue weighted by Crippen LogP contribution is 2.21. The molecule has 23 nitrogen and oxygen atoms in total. The molecule has 82 heavy (non-hydrogen) atoms. The number of carbonyl (C=O) groups is 4. The summed E-state index contributed by atoms with van der Waals surface area (Å²) in [6.07, 6.45) is 7.81. The summed E-state index contributed by atoms with van der Waals surface area (Å²) < 4.78 is 32.4.